The fourth-order valence-electron chi connectivity index (χ4n) is 6.90. The highest BCUT2D eigenvalue weighted by Gasteiger charge is 2.24. The molecule has 3 heterocycles. The summed E-state index contributed by atoms with van der Waals surface area (Å²) in [5.74, 6) is 1.54. The Morgan fingerprint density at radius 2 is 1.04 bits per heavy atom. The van der Waals surface area contributed by atoms with Crippen molar-refractivity contribution >= 4 is 43.6 Å². The van der Waals surface area contributed by atoms with Crippen molar-refractivity contribution in [3.63, 3.8) is 0 Å². The molecule has 6 aromatic carbocycles. The normalized spacial score (nSPS) is 11.7. The SMILES string of the molecule is Cc1cc2c3ccccc3n(-c3ccccc3)c2c2c1c1ccccc1n2-c1cc(-c2ccccc2)nc(-c2ccccc2)n1. The lowest BCUT2D eigenvalue weighted by Crippen LogP contribution is -2.04. The highest BCUT2D eigenvalue weighted by atomic mass is 15.1. The minimum atomic E-state index is 0.699. The van der Waals surface area contributed by atoms with Crippen molar-refractivity contribution < 1.29 is 0 Å². The highest BCUT2D eigenvalue weighted by molar-refractivity contribution is 6.24. The molecule has 0 unspecified atom stereocenters. The zero-order chi connectivity index (χ0) is 29.9. The Morgan fingerprint density at radius 3 is 1.76 bits per heavy atom. The Balaban J connectivity index is 1.50. The Morgan fingerprint density at radius 1 is 0.467 bits per heavy atom. The van der Waals surface area contributed by atoms with Crippen LogP contribution in [0.2, 0.25) is 0 Å². The summed E-state index contributed by atoms with van der Waals surface area (Å²) >= 11 is 0. The standard InChI is InChI=1S/C41H28N4/c1-27-25-33-31-21-11-13-23-35(31)44(30-19-9-4-10-20-30)39(33)40-38(27)32-22-12-14-24-36(32)45(40)37-26-34(28-15-5-2-6-16-28)42-41(43-37)29-17-7-3-8-18-29/h2-26H,1H3. The van der Waals surface area contributed by atoms with Gasteiger partial charge in [-0.05, 0) is 42.8 Å². The quantitative estimate of drug-likeness (QED) is 0.209. The van der Waals surface area contributed by atoms with E-state index in [1.165, 1.54) is 38.1 Å². The topological polar surface area (TPSA) is 35.6 Å². The maximum Gasteiger partial charge on any atom is 0.162 e. The van der Waals surface area contributed by atoms with E-state index in [0.29, 0.717) is 5.82 Å². The fraction of sp³-hybridized carbons (Fsp3) is 0.0244. The first-order valence-corrected chi connectivity index (χ1v) is 15.3. The van der Waals surface area contributed by atoms with Crippen LogP contribution in [0.15, 0.2) is 152 Å². The number of nitrogens with zero attached hydrogens (tertiary/aromatic N) is 4. The van der Waals surface area contributed by atoms with Gasteiger partial charge in [-0.1, -0.05) is 115 Å². The van der Waals surface area contributed by atoms with Crippen molar-refractivity contribution in [1.82, 2.24) is 19.1 Å². The van der Waals surface area contributed by atoms with Gasteiger partial charge in [-0.15, -0.1) is 0 Å². The molecular formula is C41H28N4. The smallest absolute Gasteiger partial charge is 0.162 e. The van der Waals surface area contributed by atoms with Crippen molar-refractivity contribution in [2.24, 2.45) is 0 Å². The molecule has 3 aromatic heterocycles. The number of aromatic nitrogens is 4. The predicted molar refractivity (Wildman–Crippen MR) is 186 cm³/mol. The van der Waals surface area contributed by atoms with Crippen LogP contribution in [-0.2, 0) is 0 Å². The molecule has 0 fully saturated rings. The molecule has 9 aromatic rings. The second-order valence-electron chi connectivity index (χ2n) is 11.5. The summed E-state index contributed by atoms with van der Waals surface area (Å²) in [6.45, 7) is 2.23. The van der Waals surface area contributed by atoms with Crippen molar-refractivity contribution in [3.8, 4) is 34.2 Å². The summed E-state index contributed by atoms with van der Waals surface area (Å²) in [4.78, 5) is 10.4. The van der Waals surface area contributed by atoms with Gasteiger partial charge in [-0.25, -0.2) is 9.97 Å². The minimum absolute atomic E-state index is 0.699. The minimum Gasteiger partial charge on any atom is -0.307 e. The van der Waals surface area contributed by atoms with Gasteiger partial charge < -0.3 is 4.57 Å². The molecule has 4 heteroatoms. The number of benzene rings is 6. The van der Waals surface area contributed by atoms with Gasteiger partial charge in [0, 0.05) is 44.4 Å². The summed E-state index contributed by atoms with van der Waals surface area (Å²) in [5, 5.41) is 4.90. The fourth-order valence-corrected chi connectivity index (χ4v) is 6.90. The van der Waals surface area contributed by atoms with Crippen LogP contribution in [0.5, 0.6) is 0 Å². The summed E-state index contributed by atoms with van der Waals surface area (Å²) < 4.78 is 4.78. The number of hydrogen-bond acceptors (Lipinski definition) is 2. The van der Waals surface area contributed by atoms with Crippen LogP contribution in [0.3, 0.4) is 0 Å². The molecule has 212 valence electrons. The average Bonchev–Trinajstić information content (AvgIpc) is 3.63. The van der Waals surface area contributed by atoms with E-state index >= 15 is 0 Å². The van der Waals surface area contributed by atoms with Gasteiger partial charge in [-0.3, -0.25) is 4.57 Å². The number of para-hydroxylation sites is 3. The second kappa shape index (κ2) is 10.0. The van der Waals surface area contributed by atoms with Crippen LogP contribution in [-0.4, -0.2) is 19.1 Å². The van der Waals surface area contributed by atoms with Gasteiger partial charge in [0.2, 0.25) is 0 Å². The maximum absolute atomic E-state index is 5.31. The van der Waals surface area contributed by atoms with Gasteiger partial charge in [0.1, 0.15) is 5.82 Å². The Hall–Kier alpha value is -6.00. The van der Waals surface area contributed by atoms with Crippen LogP contribution in [0.4, 0.5) is 0 Å². The first kappa shape index (κ1) is 25.5. The summed E-state index contributed by atoms with van der Waals surface area (Å²) in [7, 11) is 0. The van der Waals surface area contributed by atoms with Crippen LogP contribution in [0.1, 0.15) is 5.56 Å². The lowest BCUT2D eigenvalue weighted by atomic mass is 10.0. The number of aryl methyl sites for hydroxylation is 1. The molecular weight excluding hydrogens is 548 g/mol. The molecule has 4 nitrogen and oxygen atoms in total. The highest BCUT2D eigenvalue weighted by Crippen LogP contribution is 2.43. The van der Waals surface area contributed by atoms with Gasteiger partial charge in [-0.2, -0.15) is 0 Å². The monoisotopic (exact) mass is 576 g/mol. The van der Waals surface area contributed by atoms with E-state index in [0.717, 1.165) is 39.4 Å². The molecule has 9 rings (SSSR count). The molecule has 0 radical (unpaired) electrons. The molecule has 45 heavy (non-hydrogen) atoms. The first-order valence-electron chi connectivity index (χ1n) is 15.3. The zero-order valence-electron chi connectivity index (χ0n) is 24.7. The third-order valence-electron chi connectivity index (χ3n) is 8.83. The third-order valence-corrected chi connectivity index (χ3v) is 8.83. The number of fused-ring (bicyclic) bond motifs is 7. The summed E-state index contributed by atoms with van der Waals surface area (Å²) in [6, 6.07) is 53.3. The molecule has 0 amide bonds. The molecule has 0 N–H and O–H groups in total. The van der Waals surface area contributed by atoms with Crippen LogP contribution >= 0.6 is 0 Å². The van der Waals surface area contributed by atoms with Gasteiger partial charge in [0.15, 0.2) is 5.82 Å². The average molecular weight is 577 g/mol. The molecule has 0 aliphatic rings. The lowest BCUT2D eigenvalue weighted by Gasteiger charge is -2.14. The Kier molecular flexibility index (Phi) is 5.69. The summed E-state index contributed by atoms with van der Waals surface area (Å²) in [6.07, 6.45) is 0. The second-order valence-corrected chi connectivity index (χ2v) is 11.5. The van der Waals surface area contributed by atoms with Crippen LogP contribution in [0.25, 0.3) is 77.8 Å². The molecule has 0 aliphatic carbocycles. The molecule has 0 aliphatic heterocycles. The zero-order valence-corrected chi connectivity index (χ0v) is 24.7. The summed E-state index contributed by atoms with van der Waals surface area (Å²) in [5.41, 5.74) is 9.90. The lowest BCUT2D eigenvalue weighted by molar-refractivity contribution is 1.05. The molecule has 0 saturated heterocycles. The van der Waals surface area contributed by atoms with E-state index in [-0.39, 0.29) is 0 Å². The van der Waals surface area contributed by atoms with Gasteiger partial charge in [0.05, 0.1) is 27.8 Å². The van der Waals surface area contributed by atoms with E-state index in [4.69, 9.17) is 9.97 Å². The number of hydrogen-bond donors (Lipinski definition) is 0. The Bertz CT molecular complexity index is 2470. The van der Waals surface area contributed by atoms with E-state index < -0.39 is 0 Å². The van der Waals surface area contributed by atoms with Crippen LogP contribution in [0, 0.1) is 6.92 Å². The third kappa shape index (κ3) is 3.93. The van der Waals surface area contributed by atoms with Crippen molar-refractivity contribution in [2.45, 2.75) is 6.92 Å². The largest absolute Gasteiger partial charge is 0.307 e. The Labute approximate surface area is 260 Å². The molecule has 0 bridgehead atoms. The molecule has 0 saturated carbocycles. The van der Waals surface area contributed by atoms with E-state index in [2.05, 4.69) is 143 Å². The van der Waals surface area contributed by atoms with E-state index in [9.17, 15) is 0 Å². The van der Waals surface area contributed by atoms with Crippen LogP contribution < -0.4 is 0 Å². The van der Waals surface area contributed by atoms with Gasteiger partial charge in [0.25, 0.3) is 0 Å². The maximum atomic E-state index is 5.31. The molecule has 0 atom stereocenters. The van der Waals surface area contributed by atoms with Crippen molar-refractivity contribution in [1.29, 1.82) is 0 Å². The van der Waals surface area contributed by atoms with Gasteiger partial charge >= 0.3 is 0 Å². The first-order chi connectivity index (χ1) is 22.3. The molecule has 0 spiro atoms. The van der Waals surface area contributed by atoms with Crippen molar-refractivity contribution in [2.75, 3.05) is 0 Å². The van der Waals surface area contributed by atoms with E-state index in [1.807, 2.05) is 24.3 Å². The van der Waals surface area contributed by atoms with Crippen molar-refractivity contribution in [3.05, 3.63) is 157 Å². The number of rotatable bonds is 4. The van der Waals surface area contributed by atoms with E-state index in [1.54, 1.807) is 0 Å². The predicted octanol–water partition coefficient (Wildman–Crippen LogP) is 10.3.